The number of anilines is 1. The minimum absolute atomic E-state index is 0.118. The van der Waals surface area contributed by atoms with Crippen LogP contribution < -0.4 is 4.90 Å². The highest BCUT2D eigenvalue weighted by Gasteiger charge is 2.23. The predicted molar refractivity (Wildman–Crippen MR) is 75.0 cm³/mol. The van der Waals surface area contributed by atoms with Gasteiger partial charge < -0.3 is 10.0 Å². The molecule has 1 fully saturated rings. The Morgan fingerprint density at radius 3 is 2.90 bits per heavy atom. The van der Waals surface area contributed by atoms with Crippen LogP contribution >= 0.6 is 0 Å². The molecule has 1 heterocycles. The maximum atomic E-state index is 10.8. The Morgan fingerprint density at radius 1 is 1.55 bits per heavy atom. The second-order valence-corrected chi connectivity index (χ2v) is 5.28. The molecule has 1 aromatic rings. The van der Waals surface area contributed by atoms with E-state index < -0.39 is 5.97 Å². The van der Waals surface area contributed by atoms with Crippen molar-refractivity contribution in [2.24, 2.45) is 5.92 Å². The van der Waals surface area contributed by atoms with E-state index in [4.69, 9.17) is 5.11 Å². The number of aryl methyl sites for hydroxylation is 1. The molecule has 108 valence electrons. The number of piperidine rings is 1. The molecule has 6 heteroatoms. The molecular formula is C14H18N2O4. The summed E-state index contributed by atoms with van der Waals surface area (Å²) in [4.78, 5) is 23.3. The Labute approximate surface area is 117 Å². The van der Waals surface area contributed by atoms with Gasteiger partial charge >= 0.3 is 5.97 Å². The first-order valence-corrected chi connectivity index (χ1v) is 6.69. The van der Waals surface area contributed by atoms with Crippen molar-refractivity contribution in [3.05, 3.63) is 33.9 Å². The zero-order valence-corrected chi connectivity index (χ0v) is 11.4. The summed E-state index contributed by atoms with van der Waals surface area (Å²) in [5.74, 6) is -0.617. The quantitative estimate of drug-likeness (QED) is 0.676. The smallest absolute Gasteiger partial charge is 0.303 e. The molecule has 1 aliphatic heterocycles. The molecule has 0 bridgehead atoms. The lowest BCUT2D eigenvalue weighted by molar-refractivity contribution is -0.385. The van der Waals surface area contributed by atoms with E-state index in [0.29, 0.717) is 12.1 Å². The molecule has 2 rings (SSSR count). The summed E-state index contributed by atoms with van der Waals surface area (Å²) in [7, 11) is 0. The number of carbonyl (C=O) groups is 1. The highest BCUT2D eigenvalue weighted by atomic mass is 16.6. The largest absolute Gasteiger partial charge is 0.481 e. The number of nitro groups is 1. The molecule has 0 amide bonds. The van der Waals surface area contributed by atoms with Gasteiger partial charge in [-0.25, -0.2) is 0 Å². The molecule has 1 saturated heterocycles. The summed E-state index contributed by atoms with van der Waals surface area (Å²) < 4.78 is 0. The first kappa shape index (κ1) is 14.3. The van der Waals surface area contributed by atoms with Crippen molar-refractivity contribution in [3.8, 4) is 0 Å². The van der Waals surface area contributed by atoms with Crippen molar-refractivity contribution in [3.63, 3.8) is 0 Å². The van der Waals surface area contributed by atoms with E-state index in [-0.39, 0.29) is 22.9 Å². The van der Waals surface area contributed by atoms with E-state index in [9.17, 15) is 14.9 Å². The normalized spacial score (nSPS) is 18.9. The van der Waals surface area contributed by atoms with Crippen LogP contribution in [0.2, 0.25) is 0 Å². The van der Waals surface area contributed by atoms with Crippen LogP contribution in [0.3, 0.4) is 0 Å². The number of benzene rings is 1. The number of hydrogen-bond acceptors (Lipinski definition) is 4. The maximum absolute atomic E-state index is 10.8. The zero-order chi connectivity index (χ0) is 14.7. The molecule has 0 radical (unpaired) electrons. The third-order valence-electron chi connectivity index (χ3n) is 3.72. The summed E-state index contributed by atoms with van der Waals surface area (Å²) in [5.41, 5.74) is 1.68. The van der Waals surface area contributed by atoms with E-state index in [1.54, 1.807) is 19.1 Å². The van der Waals surface area contributed by atoms with Crippen molar-refractivity contribution >= 4 is 17.3 Å². The van der Waals surface area contributed by atoms with Crippen LogP contribution in [-0.4, -0.2) is 29.1 Å². The Morgan fingerprint density at radius 2 is 2.30 bits per heavy atom. The Kier molecular flexibility index (Phi) is 4.22. The van der Waals surface area contributed by atoms with E-state index in [1.165, 1.54) is 6.07 Å². The lowest BCUT2D eigenvalue weighted by Gasteiger charge is -2.34. The predicted octanol–water partition coefficient (Wildman–Crippen LogP) is 2.59. The van der Waals surface area contributed by atoms with Crippen LogP contribution in [0, 0.1) is 23.0 Å². The van der Waals surface area contributed by atoms with Gasteiger partial charge in [0, 0.05) is 36.8 Å². The van der Waals surface area contributed by atoms with Crippen molar-refractivity contribution in [1.29, 1.82) is 0 Å². The third-order valence-corrected chi connectivity index (χ3v) is 3.72. The van der Waals surface area contributed by atoms with Gasteiger partial charge in [-0.2, -0.15) is 0 Å². The van der Waals surface area contributed by atoms with E-state index in [1.807, 2.05) is 0 Å². The van der Waals surface area contributed by atoms with Crippen LogP contribution in [-0.2, 0) is 4.79 Å². The van der Waals surface area contributed by atoms with Gasteiger partial charge in [0.25, 0.3) is 5.69 Å². The molecule has 1 aliphatic rings. The summed E-state index contributed by atoms with van der Waals surface area (Å²) in [6, 6.07) is 5.07. The van der Waals surface area contributed by atoms with Crippen molar-refractivity contribution < 1.29 is 14.8 Å². The van der Waals surface area contributed by atoms with E-state index >= 15 is 0 Å². The van der Waals surface area contributed by atoms with Crippen LogP contribution in [0.1, 0.15) is 24.8 Å². The molecule has 0 spiro atoms. The molecule has 1 unspecified atom stereocenters. The standard InChI is InChI=1S/C14H18N2O4/c1-10-7-12(4-5-13(10)16(19)20)15-6-2-3-11(9-15)8-14(17)18/h4-5,7,11H,2-3,6,8-9H2,1H3,(H,17,18). The molecular weight excluding hydrogens is 260 g/mol. The van der Waals surface area contributed by atoms with Gasteiger partial charge in [-0.15, -0.1) is 0 Å². The molecule has 20 heavy (non-hydrogen) atoms. The molecule has 0 saturated carbocycles. The van der Waals surface area contributed by atoms with Gasteiger partial charge in [-0.3, -0.25) is 14.9 Å². The summed E-state index contributed by atoms with van der Waals surface area (Å²) in [6.07, 6.45) is 2.06. The average molecular weight is 278 g/mol. The van der Waals surface area contributed by atoms with Gasteiger partial charge in [0.2, 0.25) is 0 Å². The zero-order valence-electron chi connectivity index (χ0n) is 11.4. The molecule has 1 N–H and O–H groups in total. The summed E-state index contributed by atoms with van der Waals surface area (Å²) >= 11 is 0. The highest BCUT2D eigenvalue weighted by molar-refractivity contribution is 5.67. The minimum Gasteiger partial charge on any atom is -0.481 e. The number of rotatable bonds is 4. The number of hydrogen-bond donors (Lipinski definition) is 1. The fraction of sp³-hybridized carbons (Fsp3) is 0.500. The van der Waals surface area contributed by atoms with E-state index in [0.717, 1.165) is 25.1 Å². The van der Waals surface area contributed by atoms with Crippen LogP contribution in [0.4, 0.5) is 11.4 Å². The summed E-state index contributed by atoms with van der Waals surface area (Å²) in [5, 5.41) is 19.7. The number of carboxylic acid groups (broad SMARTS) is 1. The number of nitrogens with zero attached hydrogens (tertiary/aromatic N) is 2. The molecule has 6 nitrogen and oxygen atoms in total. The monoisotopic (exact) mass is 278 g/mol. The molecule has 1 aromatic carbocycles. The molecule has 0 aliphatic carbocycles. The molecule has 1 atom stereocenters. The minimum atomic E-state index is -0.767. The SMILES string of the molecule is Cc1cc(N2CCCC(CC(=O)O)C2)ccc1[N+](=O)[O-]. The number of nitro benzene ring substituents is 1. The van der Waals surface area contributed by atoms with Gasteiger partial charge in [0.1, 0.15) is 0 Å². The Bertz CT molecular complexity index is 530. The fourth-order valence-electron chi connectivity index (χ4n) is 2.75. The first-order valence-electron chi connectivity index (χ1n) is 6.69. The first-order chi connectivity index (χ1) is 9.47. The number of aliphatic carboxylic acids is 1. The second-order valence-electron chi connectivity index (χ2n) is 5.28. The van der Waals surface area contributed by atoms with Gasteiger partial charge in [-0.1, -0.05) is 0 Å². The van der Waals surface area contributed by atoms with Crippen molar-refractivity contribution in [2.45, 2.75) is 26.2 Å². The lowest BCUT2D eigenvalue weighted by atomic mass is 9.94. The van der Waals surface area contributed by atoms with Crippen LogP contribution in [0.15, 0.2) is 18.2 Å². The van der Waals surface area contributed by atoms with Crippen LogP contribution in [0.5, 0.6) is 0 Å². The van der Waals surface area contributed by atoms with Gasteiger partial charge in [0.15, 0.2) is 0 Å². The van der Waals surface area contributed by atoms with E-state index in [2.05, 4.69) is 4.90 Å². The number of carboxylic acids is 1. The lowest BCUT2D eigenvalue weighted by Crippen LogP contribution is -2.36. The molecule has 0 aromatic heterocycles. The Hall–Kier alpha value is -2.11. The van der Waals surface area contributed by atoms with Gasteiger partial charge in [0.05, 0.1) is 4.92 Å². The maximum Gasteiger partial charge on any atom is 0.303 e. The highest BCUT2D eigenvalue weighted by Crippen LogP contribution is 2.28. The second kappa shape index (κ2) is 5.90. The van der Waals surface area contributed by atoms with Crippen LogP contribution in [0.25, 0.3) is 0 Å². The third kappa shape index (κ3) is 3.26. The topological polar surface area (TPSA) is 83.7 Å². The fourth-order valence-corrected chi connectivity index (χ4v) is 2.75. The van der Waals surface area contributed by atoms with Crippen molar-refractivity contribution in [1.82, 2.24) is 0 Å². The summed E-state index contributed by atoms with van der Waals surface area (Å²) in [6.45, 7) is 3.29. The van der Waals surface area contributed by atoms with Gasteiger partial charge in [-0.05, 0) is 37.8 Å². The Balaban J connectivity index is 2.13. The van der Waals surface area contributed by atoms with Crippen molar-refractivity contribution in [2.75, 3.05) is 18.0 Å². The average Bonchev–Trinajstić information content (AvgIpc) is 2.37.